The first kappa shape index (κ1) is 25.1. The number of benzene rings is 2. The predicted octanol–water partition coefficient (Wildman–Crippen LogP) is 3.16. The first-order valence-electron chi connectivity index (χ1n) is 10.2. The standard InChI is InChI=1S/C23H25BrN2O6S/c1-25(2)33(30,31)18-10-8-15(9-11-18)21(27)19-20(16-6-4-7-17(24)14-16)26(12-5-13-32-3)23(29)22(19)28/h4,6-11,14,20,27H,5,12-13H2,1-3H3. The Morgan fingerprint density at radius 3 is 2.39 bits per heavy atom. The molecular formula is C23H25BrN2O6S. The fraction of sp³-hybridized carbons (Fsp3) is 0.304. The Morgan fingerprint density at radius 2 is 1.82 bits per heavy atom. The van der Waals surface area contributed by atoms with Crippen LogP contribution in [0.1, 0.15) is 23.6 Å². The van der Waals surface area contributed by atoms with Gasteiger partial charge in [0, 0.05) is 44.4 Å². The summed E-state index contributed by atoms with van der Waals surface area (Å²) in [4.78, 5) is 27.3. The summed E-state index contributed by atoms with van der Waals surface area (Å²) in [6, 6.07) is 11.9. The Bertz CT molecular complexity index is 1190. The van der Waals surface area contributed by atoms with Crippen LogP contribution in [-0.4, -0.2) is 68.8 Å². The van der Waals surface area contributed by atoms with Gasteiger partial charge in [-0.15, -0.1) is 0 Å². The Balaban J connectivity index is 2.10. The van der Waals surface area contributed by atoms with Crippen LogP contribution in [0, 0.1) is 0 Å². The average molecular weight is 537 g/mol. The fourth-order valence-electron chi connectivity index (χ4n) is 3.66. The van der Waals surface area contributed by atoms with Crippen molar-refractivity contribution in [2.75, 3.05) is 34.4 Å². The lowest BCUT2D eigenvalue weighted by Gasteiger charge is -2.25. The lowest BCUT2D eigenvalue weighted by atomic mass is 9.95. The minimum atomic E-state index is -3.65. The smallest absolute Gasteiger partial charge is 0.295 e. The minimum absolute atomic E-state index is 0.0428. The molecule has 0 aliphatic carbocycles. The summed E-state index contributed by atoms with van der Waals surface area (Å²) in [6.45, 7) is 0.683. The number of sulfonamides is 1. The quantitative estimate of drug-likeness (QED) is 0.240. The Morgan fingerprint density at radius 1 is 1.15 bits per heavy atom. The summed E-state index contributed by atoms with van der Waals surface area (Å²) in [7, 11) is 0.753. The van der Waals surface area contributed by atoms with Crippen LogP contribution in [0.2, 0.25) is 0 Å². The van der Waals surface area contributed by atoms with Crippen molar-refractivity contribution in [2.45, 2.75) is 17.4 Å². The van der Waals surface area contributed by atoms with Crippen LogP contribution < -0.4 is 0 Å². The van der Waals surface area contributed by atoms with Crippen molar-refractivity contribution in [3.05, 3.63) is 69.7 Å². The van der Waals surface area contributed by atoms with Gasteiger partial charge in [0.1, 0.15) is 5.76 Å². The van der Waals surface area contributed by atoms with E-state index < -0.39 is 27.8 Å². The molecule has 2 aromatic rings. The number of carbonyl (C=O) groups excluding carboxylic acids is 2. The molecule has 3 rings (SSSR count). The normalized spacial score (nSPS) is 18.3. The summed E-state index contributed by atoms with van der Waals surface area (Å²) >= 11 is 3.42. The molecule has 2 aromatic carbocycles. The monoisotopic (exact) mass is 536 g/mol. The van der Waals surface area contributed by atoms with Crippen molar-refractivity contribution < 1.29 is 27.9 Å². The molecule has 1 fully saturated rings. The zero-order valence-electron chi connectivity index (χ0n) is 18.5. The second-order valence-corrected chi connectivity index (χ2v) is 10.8. The number of ether oxygens (including phenoxy) is 1. The number of nitrogens with zero attached hydrogens (tertiary/aromatic N) is 2. The van der Waals surface area contributed by atoms with Crippen molar-refractivity contribution in [2.24, 2.45) is 0 Å². The van der Waals surface area contributed by atoms with Gasteiger partial charge in [-0.2, -0.15) is 0 Å². The van der Waals surface area contributed by atoms with E-state index in [4.69, 9.17) is 4.74 Å². The molecule has 1 saturated heterocycles. The molecular weight excluding hydrogens is 512 g/mol. The van der Waals surface area contributed by atoms with Crippen LogP contribution in [0.25, 0.3) is 5.76 Å². The molecule has 0 spiro atoms. The van der Waals surface area contributed by atoms with E-state index in [0.717, 1.165) is 8.78 Å². The van der Waals surface area contributed by atoms with Gasteiger partial charge in [0.05, 0.1) is 16.5 Å². The number of ketones is 1. The molecule has 1 aliphatic rings. The number of hydrogen-bond acceptors (Lipinski definition) is 6. The van der Waals surface area contributed by atoms with Crippen molar-refractivity contribution in [3.8, 4) is 0 Å². The second kappa shape index (κ2) is 10.2. The topological polar surface area (TPSA) is 104 Å². The van der Waals surface area contributed by atoms with Gasteiger partial charge in [0.15, 0.2) is 0 Å². The highest BCUT2D eigenvalue weighted by Gasteiger charge is 2.45. The minimum Gasteiger partial charge on any atom is -0.507 e. The number of hydrogen-bond donors (Lipinski definition) is 1. The second-order valence-electron chi connectivity index (χ2n) is 7.71. The van der Waals surface area contributed by atoms with Gasteiger partial charge < -0.3 is 14.7 Å². The number of aliphatic hydroxyl groups excluding tert-OH is 1. The van der Waals surface area contributed by atoms with Crippen molar-refractivity contribution in [1.29, 1.82) is 0 Å². The molecule has 1 heterocycles. The van der Waals surface area contributed by atoms with E-state index >= 15 is 0 Å². The maximum atomic E-state index is 13.0. The molecule has 33 heavy (non-hydrogen) atoms. The maximum absolute atomic E-state index is 13.0. The fourth-order valence-corrected chi connectivity index (χ4v) is 4.98. The van der Waals surface area contributed by atoms with E-state index in [2.05, 4.69) is 15.9 Å². The average Bonchev–Trinajstić information content (AvgIpc) is 3.03. The molecule has 0 radical (unpaired) electrons. The first-order valence-corrected chi connectivity index (χ1v) is 12.4. The molecule has 1 aliphatic heterocycles. The zero-order valence-corrected chi connectivity index (χ0v) is 20.9. The third-order valence-corrected chi connectivity index (χ3v) is 7.68. The highest BCUT2D eigenvalue weighted by molar-refractivity contribution is 9.10. The summed E-state index contributed by atoms with van der Waals surface area (Å²) in [5.41, 5.74) is 0.857. The third-order valence-electron chi connectivity index (χ3n) is 5.36. The lowest BCUT2D eigenvalue weighted by Crippen LogP contribution is -2.31. The van der Waals surface area contributed by atoms with Crippen molar-refractivity contribution >= 4 is 43.4 Å². The predicted molar refractivity (Wildman–Crippen MR) is 127 cm³/mol. The van der Waals surface area contributed by atoms with Gasteiger partial charge in [-0.05, 0) is 48.4 Å². The van der Waals surface area contributed by atoms with Crippen LogP contribution in [0.5, 0.6) is 0 Å². The Kier molecular flexibility index (Phi) is 7.73. The van der Waals surface area contributed by atoms with E-state index in [1.807, 2.05) is 6.07 Å². The number of methoxy groups -OCH3 is 1. The van der Waals surface area contributed by atoms with Crippen molar-refractivity contribution in [1.82, 2.24) is 9.21 Å². The van der Waals surface area contributed by atoms with E-state index in [1.54, 1.807) is 25.3 Å². The number of aliphatic hydroxyl groups is 1. The molecule has 0 aromatic heterocycles. The number of Topliss-reactive ketones (excluding diaryl/α,β-unsaturated/α-hetero) is 1. The van der Waals surface area contributed by atoms with E-state index in [0.29, 0.717) is 18.6 Å². The van der Waals surface area contributed by atoms with E-state index in [1.165, 1.54) is 43.3 Å². The molecule has 1 unspecified atom stereocenters. The highest BCUT2D eigenvalue weighted by Crippen LogP contribution is 2.40. The van der Waals surface area contributed by atoms with Crippen LogP contribution in [0.4, 0.5) is 0 Å². The summed E-state index contributed by atoms with van der Waals surface area (Å²) in [6.07, 6.45) is 0.519. The highest BCUT2D eigenvalue weighted by atomic mass is 79.9. The number of rotatable bonds is 8. The molecule has 1 amide bonds. The molecule has 1 N–H and O–H groups in total. The molecule has 176 valence electrons. The number of amides is 1. The third kappa shape index (κ3) is 5.03. The summed E-state index contributed by atoms with van der Waals surface area (Å²) in [5.74, 6) is -1.86. The molecule has 1 atom stereocenters. The molecule has 0 bridgehead atoms. The number of halogens is 1. The van der Waals surface area contributed by atoms with Gasteiger partial charge in [0.25, 0.3) is 11.7 Å². The van der Waals surface area contributed by atoms with Gasteiger partial charge in [-0.3, -0.25) is 9.59 Å². The van der Waals surface area contributed by atoms with Crippen LogP contribution in [0.15, 0.2) is 63.5 Å². The lowest BCUT2D eigenvalue weighted by molar-refractivity contribution is -0.140. The molecule has 10 heteroatoms. The van der Waals surface area contributed by atoms with Gasteiger partial charge in [0.2, 0.25) is 10.0 Å². The maximum Gasteiger partial charge on any atom is 0.295 e. The largest absolute Gasteiger partial charge is 0.507 e. The Hall–Kier alpha value is -2.53. The van der Waals surface area contributed by atoms with Crippen LogP contribution in [-0.2, 0) is 24.3 Å². The van der Waals surface area contributed by atoms with Crippen molar-refractivity contribution in [3.63, 3.8) is 0 Å². The zero-order chi connectivity index (χ0) is 24.3. The SMILES string of the molecule is COCCCN1C(=O)C(=O)C(=C(O)c2ccc(S(=O)(=O)N(C)C)cc2)C1c1cccc(Br)c1. The van der Waals surface area contributed by atoms with Crippen LogP contribution >= 0.6 is 15.9 Å². The summed E-state index contributed by atoms with van der Waals surface area (Å²) < 4.78 is 31.6. The number of carbonyl (C=O) groups is 2. The first-order chi connectivity index (χ1) is 15.6. The van der Waals surface area contributed by atoms with E-state index in [9.17, 15) is 23.1 Å². The number of likely N-dealkylation sites (tertiary alicyclic amines) is 1. The molecule has 0 saturated carbocycles. The van der Waals surface area contributed by atoms with Gasteiger partial charge in [-0.1, -0.05) is 28.1 Å². The molecule has 8 nitrogen and oxygen atoms in total. The Labute approximate surface area is 201 Å². The van der Waals surface area contributed by atoms with Gasteiger partial charge in [-0.25, -0.2) is 12.7 Å². The summed E-state index contributed by atoms with van der Waals surface area (Å²) in [5, 5.41) is 11.1. The van der Waals surface area contributed by atoms with Crippen LogP contribution in [0.3, 0.4) is 0 Å². The van der Waals surface area contributed by atoms with E-state index in [-0.39, 0.29) is 28.3 Å². The van der Waals surface area contributed by atoms with Gasteiger partial charge >= 0.3 is 0 Å².